The summed E-state index contributed by atoms with van der Waals surface area (Å²) in [6.07, 6.45) is 6.18. The molecule has 10 aromatic carbocycles. The van der Waals surface area contributed by atoms with Crippen LogP contribution in [0.2, 0.25) is 0 Å². The highest BCUT2D eigenvalue weighted by atomic mass is 15.2. The highest BCUT2D eigenvalue weighted by molar-refractivity contribution is 5.94. The maximum Gasteiger partial charge on any atom is 0.0715 e. The first kappa shape index (κ1) is 42.4. The number of hydrogen-bond acceptors (Lipinski definition) is 2. The van der Waals surface area contributed by atoms with Crippen LogP contribution in [0.1, 0.15) is 23.6 Å². The van der Waals surface area contributed by atoms with Crippen molar-refractivity contribution in [2.45, 2.75) is 12.3 Å². The van der Waals surface area contributed by atoms with Gasteiger partial charge in [-0.25, -0.2) is 0 Å². The third-order valence-corrected chi connectivity index (χ3v) is 14.3. The lowest BCUT2D eigenvalue weighted by Gasteiger charge is -2.45. The van der Waals surface area contributed by atoms with Gasteiger partial charge in [0.05, 0.1) is 11.1 Å². The molecular formula is C68H50N2. The van der Waals surface area contributed by atoms with Crippen LogP contribution in [-0.2, 0) is 5.41 Å². The predicted molar refractivity (Wildman–Crippen MR) is 295 cm³/mol. The molecule has 1 aliphatic heterocycles. The second-order valence-corrected chi connectivity index (χ2v) is 18.1. The van der Waals surface area contributed by atoms with Gasteiger partial charge in [0.15, 0.2) is 0 Å². The van der Waals surface area contributed by atoms with E-state index in [1.807, 2.05) is 6.08 Å². The minimum absolute atomic E-state index is 0.583. The monoisotopic (exact) mass is 894 g/mol. The fraction of sp³-hybridized carbons (Fsp3) is 0.0294. The Morgan fingerprint density at radius 1 is 0.386 bits per heavy atom. The standard InChI is InChI=1S/C68H50N2/c1-3-4-34-66-48(2)68(64-33-18-19-35-67(64)70(66)55-26-12-7-13-27-55)63-32-17-16-31-61(63)62-45-44-58(47-65(62)68)69(57-28-20-25-54(46-57)49-21-8-5-9-22-49)56-42-40-51(41-43-56)50-36-38-53(39-37-50)60-30-15-14-29-59(60)52-23-10-6-11-24-52/h3-47H,1H2,2H3/b34-4-. The SMILES string of the molecule is C=C/C=C\C1=C(C)C2(c3ccccc3-c3ccc(N(c4ccc(-c5ccc(-c6ccccc6-c6ccccc6)cc5)cc4)c4cccc(-c5ccccc5)c4)cc32)c2ccccc2N1c1ccccc1. The van der Waals surface area contributed by atoms with Gasteiger partial charge in [0.1, 0.15) is 0 Å². The molecule has 0 bridgehead atoms. The minimum Gasteiger partial charge on any atom is -0.310 e. The van der Waals surface area contributed by atoms with Gasteiger partial charge >= 0.3 is 0 Å². The van der Waals surface area contributed by atoms with Crippen LogP contribution in [0.4, 0.5) is 28.4 Å². The molecule has 2 heteroatoms. The summed E-state index contributed by atoms with van der Waals surface area (Å²) in [6, 6.07) is 92.9. The predicted octanol–water partition coefficient (Wildman–Crippen LogP) is 18.3. The van der Waals surface area contributed by atoms with Crippen molar-refractivity contribution >= 4 is 28.4 Å². The van der Waals surface area contributed by atoms with E-state index in [0.29, 0.717) is 0 Å². The maximum atomic E-state index is 4.10. The minimum atomic E-state index is -0.583. The molecule has 0 saturated carbocycles. The normalized spacial score (nSPS) is 14.6. The number of fused-ring (bicyclic) bond motifs is 7. The van der Waals surface area contributed by atoms with E-state index in [2.05, 4.69) is 290 Å². The lowest BCUT2D eigenvalue weighted by Crippen LogP contribution is -2.38. The van der Waals surface area contributed by atoms with Gasteiger partial charge in [-0.3, -0.25) is 0 Å². The Kier molecular flexibility index (Phi) is 10.8. The Hall–Kier alpha value is -8.98. The lowest BCUT2D eigenvalue weighted by molar-refractivity contribution is 0.717. The molecular weight excluding hydrogens is 845 g/mol. The number of hydrogen-bond donors (Lipinski definition) is 0. The molecule has 0 fully saturated rings. The van der Waals surface area contributed by atoms with Crippen LogP contribution in [0.25, 0.3) is 55.6 Å². The first-order chi connectivity index (χ1) is 34.6. The molecule has 1 heterocycles. The smallest absolute Gasteiger partial charge is 0.0715 e. The van der Waals surface area contributed by atoms with Gasteiger partial charge in [-0.15, -0.1) is 0 Å². The van der Waals surface area contributed by atoms with Gasteiger partial charge in [0, 0.05) is 28.4 Å². The van der Waals surface area contributed by atoms with E-state index in [0.717, 1.165) is 39.7 Å². The van der Waals surface area contributed by atoms with Gasteiger partial charge in [-0.05, 0) is 145 Å². The third-order valence-electron chi connectivity index (χ3n) is 14.3. The zero-order valence-electron chi connectivity index (χ0n) is 39.1. The average molecular weight is 895 g/mol. The number of benzene rings is 10. The van der Waals surface area contributed by atoms with E-state index in [-0.39, 0.29) is 0 Å². The average Bonchev–Trinajstić information content (AvgIpc) is 3.73. The number of allylic oxidation sites excluding steroid dienone is 4. The molecule has 1 unspecified atom stereocenters. The van der Waals surface area contributed by atoms with Crippen LogP contribution in [0, 0.1) is 0 Å². The fourth-order valence-electron chi connectivity index (χ4n) is 11.1. The van der Waals surface area contributed by atoms with E-state index in [9.17, 15) is 0 Å². The summed E-state index contributed by atoms with van der Waals surface area (Å²) in [5.74, 6) is 0. The van der Waals surface area contributed by atoms with Crippen LogP contribution in [0.3, 0.4) is 0 Å². The number of anilines is 5. The molecule has 0 radical (unpaired) electrons. The highest BCUT2D eigenvalue weighted by Gasteiger charge is 2.51. The third kappa shape index (κ3) is 7.12. The van der Waals surface area contributed by atoms with Crippen molar-refractivity contribution in [3.8, 4) is 55.6 Å². The van der Waals surface area contributed by atoms with Crippen molar-refractivity contribution in [2.75, 3.05) is 9.80 Å². The van der Waals surface area contributed by atoms with Crippen LogP contribution < -0.4 is 9.80 Å². The zero-order chi connectivity index (χ0) is 47.0. The lowest BCUT2D eigenvalue weighted by atomic mass is 9.64. The number of nitrogens with zero attached hydrogens (tertiary/aromatic N) is 2. The van der Waals surface area contributed by atoms with Crippen molar-refractivity contribution in [1.29, 1.82) is 0 Å². The van der Waals surface area contributed by atoms with Crippen LogP contribution in [0.5, 0.6) is 0 Å². The van der Waals surface area contributed by atoms with Gasteiger partial charge in [-0.2, -0.15) is 0 Å². The number of rotatable bonds is 10. The summed E-state index contributed by atoms with van der Waals surface area (Å²) in [7, 11) is 0. The summed E-state index contributed by atoms with van der Waals surface area (Å²) in [5.41, 5.74) is 23.2. The van der Waals surface area contributed by atoms with Crippen molar-refractivity contribution in [2.24, 2.45) is 0 Å². The first-order valence-electron chi connectivity index (χ1n) is 24.1. The molecule has 332 valence electrons. The molecule has 70 heavy (non-hydrogen) atoms. The highest BCUT2D eigenvalue weighted by Crippen LogP contribution is 2.62. The van der Waals surface area contributed by atoms with Crippen molar-refractivity contribution < 1.29 is 0 Å². The molecule has 0 N–H and O–H groups in total. The van der Waals surface area contributed by atoms with Crippen molar-refractivity contribution in [1.82, 2.24) is 0 Å². The second kappa shape index (κ2) is 17.9. The Morgan fingerprint density at radius 2 is 0.871 bits per heavy atom. The van der Waals surface area contributed by atoms with Gasteiger partial charge < -0.3 is 9.80 Å². The van der Waals surface area contributed by atoms with E-state index < -0.39 is 5.41 Å². The summed E-state index contributed by atoms with van der Waals surface area (Å²) in [5, 5.41) is 0. The Balaban J connectivity index is 1.01. The molecule has 0 saturated heterocycles. The Morgan fingerprint density at radius 3 is 1.56 bits per heavy atom. The molecule has 0 amide bonds. The molecule has 2 aliphatic rings. The van der Waals surface area contributed by atoms with E-state index >= 15 is 0 Å². The first-order valence-corrected chi connectivity index (χ1v) is 24.1. The van der Waals surface area contributed by atoms with E-state index in [1.165, 1.54) is 72.3 Å². The van der Waals surface area contributed by atoms with Gasteiger partial charge in [0.25, 0.3) is 0 Å². The molecule has 1 aliphatic carbocycles. The van der Waals surface area contributed by atoms with Crippen molar-refractivity contribution in [3.63, 3.8) is 0 Å². The molecule has 1 spiro atoms. The summed E-state index contributed by atoms with van der Waals surface area (Å²) in [4.78, 5) is 4.85. The maximum absolute atomic E-state index is 4.10. The number of para-hydroxylation sites is 2. The van der Waals surface area contributed by atoms with Crippen LogP contribution in [0.15, 0.2) is 291 Å². The molecule has 12 rings (SSSR count). The summed E-state index contributed by atoms with van der Waals surface area (Å²) >= 11 is 0. The zero-order valence-corrected chi connectivity index (χ0v) is 39.1. The van der Waals surface area contributed by atoms with E-state index in [1.54, 1.807) is 0 Å². The van der Waals surface area contributed by atoms with Crippen LogP contribution in [-0.4, -0.2) is 0 Å². The quantitative estimate of drug-likeness (QED) is 0.126. The van der Waals surface area contributed by atoms with Gasteiger partial charge in [-0.1, -0.05) is 219 Å². The topological polar surface area (TPSA) is 6.48 Å². The largest absolute Gasteiger partial charge is 0.310 e. The van der Waals surface area contributed by atoms with Crippen LogP contribution >= 0.6 is 0 Å². The van der Waals surface area contributed by atoms with Gasteiger partial charge in [0.2, 0.25) is 0 Å². The Bertz CT molecular complexity index is 3610. The van der Waals surface area contributed by atoms with Crippen molar-refractivity contribution in [3.05, 3.63) is 308 Å². The Labute approximate surface area is 411 Å². The van der Waals surface area contributed by atoms with E-state index in [4.69, 9.17) is 0 Å². The molecule has 10 aromatic rings. The fourth-order valence-corrected chi connectivity index (χ4v) is 11.1. The molecule has 1 atom stereocenters. The molecule has 2 nitrogen and oxygen atoms in total. The summed E-state index contributed by atoms with van der Waals surface area (Å²) in [6.45, 7) is 6.44. The molecule has 0 aromatic heterocycles. The summed E-state index contributed by atoms with van der Waals surface area (Å²) < 4.78 is 0. The second-order valence-electron chi connectivity index (χ2n) is 18.1.